The molecule has 0 aromatic carbocycles. The van der Waals surface area contributed by atoms with E-state index < -0.39 is 0 Å². The molecule has 4 rings (SSSR count). The van der Waals surface area contributed by atoms with Crippen LogP contribution in [0.15, 0.2) is 18.2 Å². The van der Waals surface area contributed by atoms with Crippen molar-refractivity contribution in [2.75, 3.05) is 39.0 Å². The SMILES string of the molecule is CN1CCN(C(C)(C)c2ccc(N)c(C3=CCC4(CCCC4)CC3)n2)CC1. The molecule has 3 aliphatic rings. The van der Waals surface area contributed by atoms with Crippen LogP contribution in [-0.2, 0) is 5.54 Å². The lowest BCUT2D eigenvalue weighted by atomic mass is 9.73. The summed E-state index contributed by atoms with van der Waals surface area (Å²) in [6.07, 6.45) is 11.8. The van der Waals surface area contributed by atoms with Gasteiger partial charge in [0.25, 0.3) is 0 Å². The molecule has 27 heavy (non-hydrogen) atoms. The minimum atomic E-state index is -0.0639. The normalized spacial score (nSPS) is 24.3. The van der Waals surface area contributed by atoms with Crippen LogP contribution < -0.4 is 5.73 Å². The maximum atomic E-state index is 6.38. The molecule has 148 valence electrons. The van der Waals surface area contributed by atoms with Crippen molar-refractivity contribution in [3.05, 3.63) is 29.6 Å². The maximum absolute atomic E-state index is 6.38. The van der Waals surface area contributed by atoms with E-state index in [-0.39, 0.29) is 5.54 Å². The fourth-order valence-electron chi connectivity index (χ4n) is 5.33. The van der Waals surface area contributed by atoms with Crippen LogP contribution in [-0.4, -0.2) is 48.0 Å². The first kappa shape index (κ1) is 18.9. The first-order chi connectivity index (χ1) is 12.9. The molecule has 1 aromatic rings. The van der Waals surface area contributed by atoms with Gasteiger partial charge in [0.2, 0.25) is 0 Å². The Kier molecular flexibility index (Phi) is 5.06. The standard InChI is InChI=1S/C23H36N4/c1-22(2,27-16-14-26(3)15-17-27)20-7-6-19(24)21(25-20)18-8-12-23(13-9-18)10-4-5-11-23/h6-8H,4-5,9-17,24H2,1-3H3. The van der Waals surface area contributed by atoms with Crippen LogP contribution in [0.5, 0.6) is 0 Å². The van der Waals surface area contributed by atoms with E-state index in [1.807, 2.05) is 0 Å². The lowest BCUT2D eigenvalue weighted by Crippen LogP contribution is -2.52. The van der Waals surface area contributed by atoms with E-state index in [2.05, 4.69) is 48.9 Å². The molecular weight excluding hydrogens is 332 g/mol. The smallest absolute Gasteiger partial charge is 0.0891 e. The molecule has 4 heteroatoms. The van der Waals surface area contributed by atoms with E-state index in [1.165, 1.54) is 44.1 Å². The van der Waals surface area contributed by atoms with Crippen LogP contribution >= 0.6 is 0 Å². The maximum Gasteiger partial charge on any atom is 0.0891 e. The van der Waals surface area contributed by atoms with E-state index in [1.54, 1.807) is 0 Å². The number of hydrogen-bond donors (Lipinski definition) is 1. The lowest BCUT2D eigenvalue weighted by molar-refractivity contribution is 0.0580. The summed E-state index contributed by atoms with van der Waals surface area (Å²) < 4.78 is 0. The minimum absolute atomic E-state index is 0.0639. The van der Waals surface area contributed by atoms with E-state index in [4.69, 9.17) is 10.7 Å². The Balaban J connectivity index is 1.57. The molecule has 1 saturated carbocycles. The van der Waals surface area contributed by atoms with Crippen molar-refractivity contribution < 1.29 is 0 Å². The molecule has 1 spiro atoms. The van der Waals surface area contributed by atoms with Crippen molar-refractivity contribution >= 4 is 11.3 Å². The third-order valence-corrected chi connectivity index (χ3v) is 7.52. The molecule has 1 saturated heterocycles. The van der Waals surface area contributed by atoms with E-state index in [9.17, 15) is 0 Å². The number of piperazine rings is 1. The molecule has 0 bridgehead atoms. The van der Waals surface area contributed by atoms with Gasteiger partial charge in [-0.3, -0.25) is 4.90 Å². The van der Waals surface area contributed by atoms with Gasteiger partial charge in [0.1, 0.15) is 0 Å². The Hall–Kier alpha value is -1.39. The van der Waals surface area contributed by atoms with Crippen molar-refractivity contribution in [3.63, 3.8) is 0 Å². The van der Waals surface area contributed by atoms with Crippen molar-refractivity contribution in [2.24, 2.45) is 5.41 Å². The van der Waals surface area contributed by atoms with E-state index in [0.717, 1.165) is 49.7 Å². The minimum Gasteiger partial charge on any atom is -0.397 e. The number of nitrogen functional groups attached to an aromatic ring is 1. The molecule has 1 aromatic heterocycles. The van der Waals surface area contributed by atoms with Crippen molar-refractivity contribution in [2.45, 2.75) is 64.3 Å². The first-order valence-electron chi connectivity index (χ1n) is 10.8. The molecule has 0 atom stereocenters. The van der Waals surface area contributed by atoms with Gasteiger partial charge in [-0.2, -0.15) is 0 Å². The number of nitrogens with two attached hydrogens (primary N) is 1. The van der Waals surface area contributed by atoms with E-state index in [0.29, 0.717) is 5.41 Å². The van der Waals surface area contributed by atoms with Gasteiger partial charge < -0.3 is 10.6 Å². The number of allylic oxidation sites excluding steroid dienone is 2. The van der Waals surface area contributed by atoms with Gasteiger partial charge in [-0.15, -0.1) is 0 Å². The zero-order valence-electron chi connectivity index (χ0n) is 17.4. The van der Waals surface area contributed by atoms with Crippen LogP contribution in [0.2, 0.25) is 0 Å². The average Bonchev–Trinajstić information content (AvgIpc) is 3.11. The number of hydrogen-bond acceptors (Lipinski definition) is 4. The molecule has 2 aliphatic carbocycles. The monoisotopic (exact) mass is 368 g/mol. The van der Waals surface area contributed by atoms with Crippen molar-refractivity contribution in [1.29, 1.82) is 0 Å². The van der Waals surface area contributed by atoms with Gasteiger partial charge in [-0.25, -0.2) is 4.98 Å². The molecule has 2 heterocycles. The Labute approximate surface area is 164 Å². The molecule has 0 unspecified atom stereocenters. The Morgan fingerprint density at radius 1 is 1.04 bits per heavy atom. The highest BCUT2D eigenvalue weighted by molar-refractivity contribution is 5.73. The summed E-state index contributed by atoms with van der Waals surface area (Å²) in [6.45, 7) is 9.05. The summed E-state index contributed by atoms with van der Waals surface area (Å²) in [4.78, 5) is 10.1. The summed E-state index contributed by atoms with van der Waals surface area (Å²) >= 11 is 0. The molecule has 2 fully saturated rings. The highest BCUT2D eigenvalue weighted by Crippen LogP contribution is 2.50. The topological polar surface area (TPSA) is 45.4 Å². The quantitative estimate of drug-likeness (QED) is 0.865. The number of likely N-dealkylation sites (N-methyl/N-ethyl adjacent to an activating group) is 1. The van der Waals surface area contributed by atoms with Crippen LogP contribution in [0.3, 0.4) is 0 Å². The summed E-state index contributed by atoms with van der Waals surface area (Å²) in [7, 11) is 2.20. The molecule has 1 aliphatic heterocycles. The van der Waals surface area contributed by atoms with Crippen molar-refractivity contribution in [3.8, 4) is 0 Å². The van der Waals surface area contributed by atoms with Crippen LogP contribution in [0.25, 0.3) is 5.57 Å². The zero-order chi connectivity index (χ0) is 19.1. The number of rotatable bonds is 3. The van der Waals surface area contributed by atoms with Crippen LogP contribution in [0, 0.1) is 5.41 Å². The van der Waals surface area contributed by atoms with Gasteiger partial charge in [-0.05, 0) is 76.1 Å². The van der Waals surface area contributed by atoms with Gasteiger partial charge in [0.05, 0.1) is 22.6 Å². The number of anilines is 1. The largest absolute Gasteiger partial charge is 0.397 e. The Bertz CT molecular complexity index is 707. The van der Waals surface area contributed by atoms with Gasteiger partial charge in [-0.1, -0.05) is 18.9 Å². The zero-order valence-corrected chi connectivity index (χ0v) is 17.4. The number of pyridine rings is 1. The summed E-state index contributed by atoms with van der Waals surface area (Å²) in [6, 6.07) is 4.22. The van der Waals surface area contributed by atoms with Crippen LogP contribution in [0.4, 0.5) is 5.69 Å². The highest BCUT2D eigenvalue weighted by Gasteiger charge is 2.36. The highest BCUT2D eigenvalue weighted by atomic mass is 15.3. The van der Waals surface area contributed by atoms with Gasteiger partial charge in [0, 0.05) is 26.2 Å². The van der Waals surface area contributed by atoms with Gasteiger partial charge in [0.15, 0.2) is 0 Å². The number of aromatic nitrogens is 1. The number of nitrogens with zero attached hydrogens (tertiary/aromatic N) is 3. The summed E-state index contributed by atoms with van der Waals surface area (Å²) in [5.74, 6) is 0. The lowest BCUT2D eigenvalue weighted by Gasteiger charge is -2.43. The molecular formula is C23H36N4. The Morgan fingerprint density at radius 2 is 1.74 bits per heavy atom. The second-order valence-corrected chi connectivity index (χ2v) is 9.62. The molecule has 0 amide bonds. The Morgan fingerprint density at radius 3 is 2.37 bits per heavy atom. The van der Waals surface area contributed by atoms with Gasteiger partial charge >= 0.3 is 0 Å². The summed E-state index contributed by atoms with van der Waals surface area (Å²) in [5, 5.41) is 0. The second-order valence-electron chi connectivity index (χ2n) is 9.62. The van der Waals surface area contributed by atoms with E-state index >= 15 is 0 Å². The second kappa shape index (κ2) is 7.21. The van der Waals surface area contributed by atoms with Crippen LogP contribution in [0.1, 0.15) is 70.2 Å². The fourth-order valence-corrected chi connectivity index (χ4v) is 5.33. The van der Waals surface area contributed by atoms with Crippen molar-refractivity contribution in [1.82, 2.24) is 14.8 Å². The average molecular weight is 369 g/mol. The third kappa shape index (κ3) is 3.66. The third-order valence-electron chi connectivity index (χ3n) is 7.52. The predicted octanol–water partition coefficient (Wildman–Crippen LogP) is 4.27. The molecule has 4 nitrogen and oxygen atoms in total. The predicted molar refractivity (Wildman–Crippen MR) is 113 cm³/mol. The molecule has 0 radical (unpaired) electrons. The molecule has 2 N–H and O–H groups in total. The first-order valence-corrected chi connectivity index (χ1v) is 10.8. The fraction of sp³-hybridized carbons (Fsp3) is 0.696. The summed E-state index contributed by atoms with van der Waals surface area (Å²) in [5.41, 5.74) is 11.3.